The SMILES string of the molecule is C[C@H]1CN([C@@H](C)CO)C(=O)c2cccc(NS(C)(=O)=O)c2O[C@H]1CN(C)Cc1ccc(C(F)(F)F)cc1. The molecule has 2 aromatic carbocycles. The van der Waals surface area contributed by atoms with E-state index in [4.69, 9.17) is 4.74 Å². The van der Waals surface area contributed by atoms with Crippen molar-refractivity contribution in [3.8, 4) is 5.75 Å². The zero-order valence-corrected chi connectivity index (χ0v) is 21.9. The molecule has 0 bridgehead atoms. The van der Waals surface area contributed by atoms with Crippen LogP contribution >= 0.6 is 0 Å². The molecule has 0 unspecified atom stereocenters. The van der Waals surface area contributed by atoms with Crippen LogP contribution in [0.25, 0.3) is 0 Å². The Morgan fingerprint density at radius 3 is 2.43 bits per heavy atom. The number of rotatable bonds is 8. The number of hydrogen-bond donors (Lipinski definition) is 2. The number of aliphatic hydroxyl groups is 1. The van der Waals surface area contributed by atoms with E-state index in [1.807, 2.05) is 11.8 Å². The van der Waals surface area contributed by atoms with Crippen LogP contribution in [0, 0.1) is 5.92 Å². The summed E-state index contributed by atoms with van der Waals surface area (Å²) in [6.07, 6.45) is -3.93. The van der Waals surface area contributed by atoms with Crippen molar-refractivity contribution in [2.75, 3.05) is 37.7 Å². The highest BCUT2D eigenvalue weighted by Gasteiger charge is 2.35. The largest absolute Gasteiger partial charge is 0.486 e. The summed E-state index contributed by atoms with van der Waals surface area (Å²) in [6.45, 7) is 4.31. The van der Waals surface area contributed by atoms with E-state index in [2.05, 4.69) is 4.72 Å². The number of carbonyl (C=O) groups excluding carboxylic acids is 1. The lowest BCUT2D eigenvalue weighted by atomic mass is 9.99. The first-order valence-electron chi connectivity index (χ1n) is 11.7. The van der Waals surface area contributed by atoms with Crippen LogP contribution in [0.3, 0.4) is 0 Å². The molecule has 1 heterocycles. The maximum Gasteiger partial charge on any atom is 0.416 e. The minimum absolute atomic E-state index is 0.0903. The molecular formula is C25H32F3N3O5S. The van der Waals surface area contributed by atoms with Gasteiger partial charge in [-0.25, -0.2) is 8.42 Å². The molecule has 1 aliphatic rings. The molecule has 1 aliphatic heterocycles. The van der Waals surface area contributed by atoms with Crippen molar-refractivity contribution in [2.45, 2.75) is 38.7 Å². The Labute approximate surface area is 215 Å². The van der Waals surface area contributed by atoms with Gasteiger partial charge in [0.25, 0.3) is 5.91 Å². The summed E-state index contributed by atoms with van der Waals surface area (Å²) in [5.74, 6) is -0.530. The molecule has 37 heavy (non-hydrogen) atoms. The summed E-state index contributed by atoms with van der Waals surface area (Å²) >= 11 is 0. The van der Waals surface area contributed by atoms with Gasteiger partial charge in [0.2, 0.25) is 10.0 Å². The van der Waals surface area contributed by atoms with Gasteiger partial charge < -0.3 is 14.7 Å². The standard InChI is InChI=1S/C25H32F3N3O5S/c1-16-12-31(17(2)15-32)24(33)20-6-5-7-21(29-37(4,34)35)23(20)36-22(16)14-30(3)13-18-8-10-19(11-9-18)25(26,27)28/h5-11,16-17,22,29,32H,12-15H2,1-4H3/t16-,17-,22-/m0/s1. The first kappa shape index (κ1) is 28.7. The molecule has 3 rings (SSSR count). The molecular weight excluding hydrogens is 511 g/mol. The van der Waals surface area contributed by atoms with Crippen molar-refractivity contribution < 1.29 is 36.2 Å². The smallest absolute Gasteiger partial charge is 0.416 e. The van der Waals surface area contributed by atoms with Crippen LogP contribution in [-0.2, 0) is 22.7 Å². The lowest BCUT2D eigenvalue weighted by Gasteiger charge is -2.38. The molecule has 0 radical (unpaired) electrons. The van der Waals surface area contributed by atoms with E-state index in [1.54, 1.807) is 31.0 Å². The lowest BCUT2D eigenvalue weighted by molar-refractivity contribution is -0.137. The summed E-state index contributed by atoms with van der Waals surface area (Å²) in [5, 5.41) is 9.76. The summed E-state index contributed by atoms with van der Waals surface area (Å²) < 4.78 is 71.3. The van der Waals surface area contributed by atoms with Gasteiger partial charge in [-0.1, -0.05) is 25.1 Å². The normalized spacial score (nSPS) is 19.6. The highest BCUT2D eigenvalue weighted by atomic mass is 32.2. The van der Waals surface area contributed by atoms with Crippen molar-refractivity contribution in [3.05, 3.63) is 59.2 Å². The van der Waals surface area contributed by atoms with Crippen LogP contribution in [0.1, 0.15) is 35.3 Å². The van der Waals surface area contributed by atoms with Gasteiger partial charge in [0.05, 0.1) is 35.7 Å². The molecule has 0 aliphatic carbocycles. The monoisotopic (exact) mass is 543 g/mol. The summed E-state index contributed by atoms with van der Waals surface area (Å²) in [4.78, 5) is 16.8. The van der Waals surface area contributed by atoms with Gasteiger partial charge in [-0.05, 0) is 43.8 Å². The first-order valence-corrected chi connectivity index (χ1v) is 13.6. The molecule has 3 atom stereocenters. The van der Waals surface area contributed by atoms with Crippen molar-refractivity contribution in [3.63, 3.8) is 0 Å². The van der Waals surface area contributed by atoms with Crippen LogP contribution in [-0.4, -0.2) is 74.4 Å². The van der Waals surface area contributed by atoms with Gasteiger partial charge in [-0.15, -0.1) is 0 Å². The number of para-hydroxylation sites is 1. The Morgan fingerprint density at radius 1 is 1.22 bits per heavy atom. The molecule has 2 N–H and O–H groups in total. The number of halogens is 3. The molecule has 0 saturated heterocycles. The zero-order chi connectivity index (χ0) is 27.5. The number of nitrogens with one attached hydrogen (secondary N) is 1. The quantitative estimate of drug-likeness (QED) is 0.530. The van der Waals surface area contributed by atoms with Crippen molar-refractivity contribution in [1.82, 2.24) is 9.80 Å². The minimum Gasteiger partial charge on any atom is -0.486 e. The third kappa shape index (κ3) is 7.36. The molecule has 0 aromatic heterocycles. The molecule has 204 valence electrons. The number of aliphatic hydroxyl groups excluding tert-OH is 1. The van der Waals surface area contributed by atoms with E-state index < -0.39 is 39.8 Å². The van der Waals surface area contributed by atoms with E-state index in [0.717, 1.165) is 18.4 Å². The van der Waals surface area contributed by atoms with Gasteiger partial charge >= 0.3 is 6.18 Å². The first-order chi connectivity index (χ1) is 17.2. The number of amides is 1. The van der Waals surface area contributed by atoms with Crippen molar-refractivity contribution in [1.29, 1.82) is 0 Å². The molecule has 8 nitrogen and oxygen atoms in total. The number of sulfonamides is 1. The number of benzene rings is 2. The highest BCUT2D eigenvalue weighted by molar-refractivity contribution is 7.92. The number of anilines is 1. The molecule has 0 fully saturated rings. The molecule has 0 saturated carbocycles. The summed E-state index contributed by atoms with van der Waals surface area (Å²) in [7, 11) is -1.88. The fraction of sp³-hybridized carbons (Fsp3) is 0.480. The van der Waals surface area contributed by atoms with Gasteiger partial charge in [0.1, 0.15) is 6.10 Å². The van der Waals surface area contributed by atoms with E-state index in [1.165, 1.54) is 18.2 Å². The fourth-order valence-corrected chi connectivity index (χ4v) is 4.78. The topological polar surface area (TPSA) is 99.2 Å². The lowest BCUT2D eigenvalue weighted by Crippen LogP contribution is -2.49. The highest BCUT2D eigenvalue weighted by Crippen LogP contribution is 2.35. The van der Waals surface area contributed by atoms with Gasteiger partial charge in [-0.2, -0.15) is 13.2 Å². The van der Waals surface area contributed by atoms with Crippen molar-refractivity contribution >= 4 is 21.6 Å². The Hall–Kier alpha value is -2.83. The van der Waals surface area contributed by atoms with Crippen LogP contribution < -0.4 is 9.46 Å². The average molecular weight is 544 g/mol. The Balaban J connectivity index is 1.91. The maximum atomic E-state index is 13.4. The maximum absolute atomic E-state index is 13.4. The van der Waals surface area contributed by atoms with Crippen LogP contribution in [0.4, 0.5) is 18.9 Å². The molecule has 0 spiro atoms. The van der Waals surface area contributed by atoms with Gasteiger partial charge in [0, 0.05) is 25.6 Å². The Morgan fingerprint density at radius 2 is 1.86 bits per heavy atom. The van der Waals surface area contributed by atoms with Crippen LogP contribution in [0.5, 0.6) is 5.75 Å². The minimum atomic E-state index is -4.41. The third-order valence-corrected chi connectivity index (χ3v) is 6.80. The number of carbonyl (C=O) groups is 1. The third-order valence-electron chi connectivity index (χ3n) is 6.21. The number of likely N-dealkylation sites (N-methyl/N-ethyl adjacent to an activating group) is 1. The summed E-state index contributed by atoms with van der Waals surface area (Å²) in [6, 6.07) is 9.03. The number of ether oxygens (including phenoxy) is 1. The second-order valence-corrected chi connectivity index (χ2v) is 11.3. The fourth-order valence-electron chi connectivity index (χ4n) is 4.22. The van der Waals surface area contributed by atoms with Gasteiger partial charge in [0.15, 0.2) is 5.75 Å². The van der Waals surface area contributed by atoms with E-state index in [9.17, 15) is 31.5 Å². The predicted molar refractivity (Wildman–Crippen MR) is 134 cm³/mol. The van der Waals surface area contributed by atoms with E-state index in [-0.39, 0.29) is 36.1 Å². The summed E-state index contributed by atoms with van der Waals surface area (Å²) in [5.41, 5.74) is 0.242. The average Bonchev–Trinajstić information content (AvgIpc) is 2.80. The second kappa shape index (κ2) is 11.3. The Bertz CT molecular complexity index is 1210. The van der Waals surface area contributed by atoms with Gasteiger partial charge in [-0.3, -0.25) is 14.4 Å². The molecule has 12 heteroatoms. The van der Waals surface area contributed by atoms with Crippen LogP contribution in [0.2, 0.25) is 0 Å². The predicted octanol–water partition coefficient (Wildman–Crippen LogP) is 3.43. The zero-order valence-electron chi connectivity index (χ0n) is 21.1. The van der Waals surface area contributed by atoms with Crippen molar-refractivity contribution in [2.24, 2.45) is 5.92 Å². The number of hydrogen-bond acceptors (Lipinski definition) is 6. The van der Waals surface area contributed by atoms with E-state index >= 15 is 0 Å². The molecule has 2 aromatic rings. The number of fused-ring (bicyclic) bond motifs is 1. The molecule has 1 amide bonds. The Kier molecular flexibility index (Phi) is 8.76. The second-order valence-electron chi connectivity index (χ2n) is 9.57. The number of nitrogens with zero attached hydrogens (tertiary/aromatic N) is 2. The number of alkyl halides is 3. The van der Waals surface area contributed by atoms with E-state index in [0.29, 0.717) is 18.7 Å². The van der Waals surface area contributed by atoms with Crippen LogP contribution in [0.15, 0.2) is 42.5 Å².